The number of nitrogens with two attached hydrogens (primary N) is 1. The fourth-order valence-corrected chi connectivity index (χ4v) is 1.74. The minimum absolute atomic E-state index is 0.217. The first-order valence-electron chi connectivity index (χ1n) is 5.53. The van der Waals surface area contributed by atoms with Crippen LogP contribution < -0.4 is 10.5 Å². The van der Waals surface area contributed by atoms with Gasteiger partial charge in [-0.3, -0.25) is 4.79 Å². The van der Waals surface area contributed by atoms with E-state index >= 15 is 0 Å². The van der Waals surface area contributed by atoms with Crippen LogP contribution in [0.1, 0.15) is 24.0 Å². The second-order valence-corrected chi connectivity index (χ2v) is 3.87. The third-order valence-electron chi connectivity index (χ3n) is 2.54. The molecule has 16 heavy (non-hydrogen) atoms. The Bertz CT molecular complexity index is 361. The van der Waals surface area contributed by atoms with Crippen LogP contribution in [-0.4, -0.2) is 19.4 Å². The Kier molecular flexibility index (Phi) is 4.99. The molecule has 88 valence electrons. The van der Waals surface area contributed by atoms with Crippen LogP contribution in [0.15, 0.2) is 18.2 Å². The van der Waals surface area contributed by atoms with Crippen LogP contribution in [0.4, 0.5) is 0 Å². The fraction of sp³-hybridized carbons (Fsp3) is 0.462. The Balaban J connectivity index is 2.73. The lowest BCUT2D eigenvalue weighted by molar-refractivity contribution is -0.118. The van der Waals surface area contributed by atoms with Crippen molar-refractivity contribution in [3.8, 4) is 5.75 Å². The molecule has 3 heteroatoms. The molecule has 0 saturated heterocycles. The van der Waals surface area contributed by atoms with Gasteiger partial charge in [0.1, 0.15) is 11.5 Å². The highest BCUT2D eigenvalue weighted by molar-refractivity contribution is 5.81. The highest BCUT2D eigenvalue weighted by Crippen LogP contribution is 2.23. The molecule has 0 aromatic heterocycles. The van der Waals surface area contributed by atoms with Gasteiger partial charge in [-0.05, 0) is 25.5 Å². The lowest BCUT2D eigenvalue weighted by Crippen LogP contribution is -2.08. The Morgan fingerprint density at radius 1 is 1.44 bits per heavy atom. The fourth-order valence-electron chi connectivity index (χ4n) is 1.74. The van der Waals surface area contributed by atoms with Crippen molar-refractivity contribution in [2.45, 2.75) is 26.2 Å². The molecule has 0 saturated carbocycles. The number of methoxy groups -OCH3 is 1. The summed E-state index contributed by atoms with van der Waals surface area (Å²) in [5, 5.41) is 0. The largest absolute Gasteiger partial charge is 0.496 e. The molecule has 0 aliphatic carbocycles. The number of para-hydroxylation sites is 1. The number of carbonyl (C=O) groups is 1. The van der Waals surface area contributed by atoms with Crippen molar-refractivity contribution in [3.63, 3.8) is 0 Å². The monoisotopic (exact) mass is 221 g/mol. The Morgan fingerprint density at radius 2 is 2.19 bits per heavy atom. The van der Waals surface area contributed by atoms with Crippen molar-refractivity contribution in [2.75, 3.05) is 13.7 Å². The van der Waals surface area contributed by atoms with Gasteiger partial charge in [-0.2, -0.15) is 0 Å². The molecular formula is C13H19NO2. The minimum Gasteiger partial charge on any atom is -0.496 e. The molecule has 1 rings (SSSR count). The van der Waals surface area contributed by atoms with Gasteiger partial charge in [0.15, 0.2) is 0 Å². The SMILES string of the molecule is COc1c(C)cccc1CC(=O)CCCN. The summed E-state index contributed by atoms with van der Waals surface area (Å²) in [6, 6.07) is 5.86. The summed E-state index contributed by atoms with van der Waals surface area (Å²) < 4.78 is 5.30. The third kappa shape index (κ3) is 3.35. The summed E-state index contributed by atoms with van der Waals surface area (Å²) in [4.78, 5) is 11.6. The number of benzene rings is 1. The summed E-state index contributed by atoms with van der Waals surface area (Å²) in [5.41, 5.74) is 7.40. The minimum atomic E-state index is 0.217. The number of carbonyl (C=O) groups excluding carboxylic acids is 1. The van der Waals surface area contributed by atoms with Gasteiger partial charge >= 0.3 is 0 Å². The molecule has 1 aromatic rings. The summed E-state index contributed by atoms with van der Waals surface area (Å²) >= 11 is 0. The molecule has 0 heterocycles. The average Bonchev–Trinajstić information content (AvgIpc) is 2.27. The Morgan fingerprint density at radius 3 is 2.81 bits per heavy atom. The first kappa shape index (κ1) is 12.7. The molecule has 0 atom stereocenters. The van der Waals surface area contributed by atoms with Crippen molar-refractivity contribution < 1.29 is 9.53 Å². The third-order valence-corrected chi connectivity index (χ3v) is 2.54. The van der Waals surface area contributed by atoms with Crippen LogP contribution >= 0.6 is 0 Å². The second-order valence-electron chi connectivity index (χ2n) is 3.87. The van der Waals surface area contributed by atoms with Crippen molar-refractivity contribution >= 4 is 5.78 Å². The highest BCUT2D eigenvalue weighted by Gasteiger charge is 2.09. The van der Waals surface area contributed by atoms with E-state index in [9.17, 15) is 4.79 Å². The number of hydrogen-bond acceptors (Lipinski definition) is 3. The first-order chi connectivity index (χ1) is 7.69. The lowest BCUT2D eigenvalue weighted by atomic mass is 10.0. The average molecular weight is 221 g/mol. The van der Waals surface area contributed by atoms with E-state index in [1.807, 2.05) is 25.1 Å². The van der Waals surface area contributed by atoms with Gasteiger partial charge < -0.3 is 10.5 Å². The molecule has 0 aliphatic heterocycles. The van der Waals surface area contributed by atoms with Crippen molar-refractivity contribution in [3.05, 3.63) is 29.3 Å². The summed E-state index contributed by atoms with van der Waals surface area (Å²) in [5.74, 6) is 1.04. The maximum Gasteiger partial charge on any atom is 0.137 e. The van der Waals surface area contributed by atoms with Crippen molar-refractivity contribution in [2.24, 2.45) is 5.73 Å². The molecule has 0 amide bonds. The molecule has 0 aliphatic rings. The van der Waals surface area contributed by atoms with Gasteiger partial charge in [-0.15, -0.1) is 0 Å². The maximum atomic E-state index is 11.6. The summed E-state index contributed by atoms with van der Waals surface area (Å²) in [6.45, 7) is 2.55. The van der Waals surface area contributed by atoms with Gasteiger partial charge in [0.05, 0.1) is 7.11 Å². The molecule has 0 unspecified atom stereocenters. The van der Waals surface area contributed by atoms with Crippen LogP contribution in [0.5, 0.6) is 5.75 Å². The molecule has 0 spiro atoms. The molecule has 2 N–H and O–H groups in total. The molecule has 0 fully saturated rings. The number of aryl methyl sites for hydroxylation is 1. The van der Waals surface area contributed by atoms with Crippen LogP contribution in [0.3, 0.4) is 0 Å². The van der Waals surface area contributed by atoms with Gasteiger partial charge in [-0.25, -0.2) is 0 Å². The van der Waals surface area contributed by atoms with Crippen LogP contribution in [0, 0.1) is 6.92 Å². The Labute approximate surface area is 96.6 Å². The van der Waals surface area contributed by atoms with Gasteiger partial charge in [-0.1, -0.05) is 18.2 Å². The molecule has 0 bridgehead atoms. The first-order valence-corrected chi connectivity index (χ1v) is 5.53. The number of Topliss-reactive ketones (excluding diaryl/α,β-unsaturated/α-hetero) is 1. The molecule has 1 aromatic carbocycles. The maximum absolute atomic E-state index is 11.6. The number of hydrogen-bond donors (Lipinski definition) is 1. The summed E-state index contributed by atoms with van der Waals surface area (Å²) in [6.07, 6.45) is 1.74. The predicted molar refractivity (Wildman–Crippen MR) is 64.7 cm³/mol. The van der Waals surface area contributed by atoms with E-state index in [0.29, 0.717) is 19.4 Å². The highest BCUT2D eigenvalue weighted by atomic mass is 16.5. The molecule has 0 radical (unpaired) electrons. The smallest absolute Gasteiger partial charge is 0.137 e. The zero-order valence-corrected chi connectivity index (χ0v) is 9.95. The van der Waals surface area contributed by atoms with Crippen LogP contribution in [0.25, 0.3) is 0 Å². The summed E-state index contributed by atoms with van der Waals surface area (Å²) in [7, 11) is 1.64. The Hall–Kier alpha value is -1.35. The quantitative estimate of drug-likeness (QED) is 0.797. The lowest BCUT2D eigenvalue weighted by Gasteiger charge is -2.10. The predicted octanol–water partition coefficient (Wildman–Crippen LogP) is 1.85. The van der Waals surface area contributed by atoms with E-state index in [2.05, 4.69) is 0 Å². The second kappa shape index (κ2) is 6.28. The normalized spacial score (nSPS) is 10.2. The van der Waals surface area contributed by atoms with Crippen LogP contribution in [-0.2, 0) is 11.2 Å². The number of ether oxygens (including phenoxy) is 1. The zero-order chi connectivity index (χ0) is 12.0. The number of ketones is 1. The van der Waals surface area contributed by atoms with Gasteiger partial charge in [0.2, 0.25) is 0 Å². The van der Waals surface area contributed by atoms with Crippen LogP contribution in [0.2, 0.25) is 0 Å². The van der Waals surface area contributed by atoms with E-state index in [1.165, 1.54) is 0 Å². The van der Waals surface area contributed by atoms with E-state index < -0.39 is 0 Å². The standard InChI is InChI=1S/C13H19NO2/c1-10-5-3-6-11(13(10)16-2)9-12(15)7-4-8-14/h3,5-6H,4,7-9,14H2,1-2H3. The van der Waals surface area contributed by atoms with Gasteiger partial charge in [0, 0.05) is 18.4 Å². The molecule has 3 nitrogen and oxygen atoms in total. The van der Waals surface area contributed by atoms with E-state index in [0.717, 1.165) is 23.3 Å². The number of rotatable bonds is 6. The van der Waals surface area contributed by atoms with E-state index in [-0.39, 0.29) is 5.78 Å². The van der Waals surface area contributed by atoms with Crippen molar-refractivity contribution in [1.82, 2.24) is 0 Å². The van der Waals surface area contributed by atoms with Crippen molar-refractivity contribution in [1.29, 1.82) is 0 Å². The van der Waals surface area contributed by atoms with Gasteiger partial charge in [0.25, 0.3) is 0 Å². The zero-order valence-electron chi connectivity index (χ0n) is 9.95. The van der Waals surface area contributed by atoms with E-state index in [4.69, 9.17) is 10.5 Å². The van der Waals surface area contributed by atoms with E-state index in [1.54, 1.807) is 7.11 Å². The topological polar surface area (TPSA) is 52.3 Å². The molecular weight excluding hydrogens is 202 g/mol.